The molecule has 0 bridgehead atoms. The second-order valence-electron chi connectivity index (χ2n) is 4.38. The van der Waals surface area contributed by atoms with Gasteiger partial charge in [0.2, 0.25) is 0 Å². The summed E-state index contributed by atoms with van der Waals surface area (Å²) >= 11 is 0. The molecule has 1 aromatic rings. The summed E-state index contributed by atoms with van der Waals surface area (Å²) in [6, 6.07) is 4.10. The maximum atomic E-state index is 13.5. The molecule has 1 fully saturated rings. The maximum Gasteiger partial charge on any atom is 0.256 e. The molecular formula is C12H15FN2O. The van der Waals surface area contributed by atoms with Crippen molar-refractivity contribution in [1.29, 1.82) is 0 Å². The smallest absolute Gasteiger partial charge is 0.256 e. The third-order valence-corrected chi connectivity index (χ3v) is 2.93. The molecule has 0 spiro atoms. The number of carbonyl (C=O) groups excluding carboxylic acids is 1. The third-order valence-electron chi connectivity index (χ3n) is 2.93. The fourth-order valence-corrected chi connectivity index (χ4v) is 2.00. The van der Waals surface area contributed by atoms with Crippen molar-refractivity contribution in [3.8, 4) is 0 Å². The first-order chi connectivity index (χ1) is 7.58. The lowest BCUT2D eigenvalue weighted by atomic mass is 10.1. The number of likely N-dealkylation sites (tertiary alicyclic amines) is 1. The SMILES string of the molecule is CC1CCN(C(=O)c2cc(N)ccc2F)C1. The van der Waals surface area contributed by atoms with E-state index in [0.29, 0.717) is 24.7 Å². The fourth-order valence-electron chi connectivity index (χ4n) is 2.00. The molecule has 4 heteroatoms. The first-order valence-corrected chi connectivity index (χ1v) is 5.42. The van der Waals surface area contributed by atoms with E-state index in [0.717, 1.165) is 6.42 Å². The van der Waals surface area contributed by atoms with Crippen LogP contribution in [0.4, 0.5) is 10.1 Å². The monoisotopic (exact) mass is 222 g/mol. The van der Waals surface area contributed by atoms with E-state index < -0.39 is 5.82 Å². The molecule has 1 saturated heterocycles. The number of amides is 1. The van der Waals surface area contributed by atoms with Crippen LogP contribution in [0.25, 0.3) is 0 Å². The highest BCUT2D eigenvalue weighted by molar-refractivity contribution is 5.95. The van der Waals surface area contributed by atoms with Crippen molar-refractivity contribution in [2.24, 2.45) is 5.92 Å². The van der Waals surface area contributed by atoms with Crippen molar-refractivity contribution in [2.45, 2.75) is 13.3 Å². The number of nitrogens with zero attached hydrogens (tertiary/aromatic N) is 1. The predicted molar refractivity (Wildman–Crippen MR) is 60.5 cm³/mol. The van der Waals surface area contributed by atoms with Crippen LogP contribution in [0.1, 0.15) is 23.7 Å². The van der Waals surface area contributed by atoms with Gasteiger partial charge in [-0.3, -0.25) is 4.79 Å². The molecule has 1 amide bonds. The van der Waals surface area contributed by atoms with Gasteiger partial charge in [-0.1, -0.05) is 6.92 Å². The van der Waals surface area contributed by atoms with E-state index >= 15 is 0 Å². The van der Waals surface area contributed by atoms with E-state index in [4.69, 9.17) is 5.73 Å². The van der Waals surface area contributed by atoms with Crippen LogP contribution in [0.2, 0.25) is 0 Å². The second kappa shape index (κ2) is 4.12. The minimum absolute atomic E-state index is 0.0779. The molecule has 1 aromatic carbocycles. The van der Waals surface area contributed by atoms with E-state index in [-0.39, 0.29) is 11.5 Å². The molecular weight excluding hydrogens is 207 g/mol. The van der Waals surface area contributed by atoms with E-state index in [1.807, 2.05) is 0 Å². The molecule has 86 valence electrons. The van der Waals surface area contributed by atoms with E-state index in [1.54, 1.807) is 4.90 Å². The third kappa shape index (κ3) is 2.01. The molecule has 0 saturated carbocycles. The minimum atomic E-state index is -0.501. The molecule has 0 radical (unpaired) electrons. The molecule has 0 aromatic heterocycles. The van der Waals surface area contributed by atoms with Crippen LogP contribution in [0.3, 0.4) is 0 Å². The van der Waals surface area contributed by atoms with Gasteiger partial charge in [-0.2, -0.15) is 0 Å². The molecule has 2 N–H and O–H groups in total. The van der Waals surface area contributed by atoms with Gasteiger partial charge < -0.3 is 10.6 Å². The molecule has 3 nitrogen and oxygen atoms in total. The van der Waals surface area contributed by atoms with Gasteiger partial charge in [0.15, 0.2) is 0 Å². The van der Waals surface area contributed by atoms with Crippen molar-refractivity contribution in [3.63, 3.8) is 0 Å². The molecule has 1 aliphatic rings. The Kier molecular flexibility index (Phi) is 2.81. The Hall–Kier alpha value is -1.58. The Balaban J connectivity index is 2.23. The molecule has 1 heterocycles. The molecule has 1 aliphatic heterocycles. The summed E-state index contributed by atoms with van der Waals surface area (Å²) in [5, 5.41) is 0. The average Bonchev–Trinajstić information content (AvgIpc) is 2.67. The van der Waals surface area contributed by atoms with Crippen molar-refractivity contribution in [1.82, 2.24) is 4.90 Å². The Morgan fingerprint density at radius 2 is 2.31 bits per heavy atom. The highest BCUT2D eigenvalue weighted by Crippen LogP contribution is 2.20. The average molecular weight is 222 g/mol. The van der Waals surface area contributed by atoms with Crippen LogP contribution in [0.15, 0.2) is 18.2 Å². The quantitative estimate of drug-likeness (QED) is 0.737. The summed E-state index contributed by atoms with van der Waals surface area (Å²) < 4.78 is 13.5. The summed E-state index contributed by atoms with van der Waals surface area (Å²) in [7, 11) is 0. The molecule has 0 aliphatic carbocycles. The van der Waals surface area contributed by atoms with Crippen LogP contribution < -0.4 is 5.73 Å². The number of hydrogen-bond acceptors (Lipinski definition) is 2. The standard InChI is InChI=1S/C12H15FN2O/c1-8-4-5-15(7-8)12(16)10-6-9(14)2-3-11(10)13/h2-3,6,8H,4-5,7,14H2,1H3. The van der Waals surface area contributed by atoms with Gasteiger partial charge in [0.25, 0.3) is 5.91 Å². The fraction of sp³-hybridized carbons (Fsp3) is 0.417. The van der Waals surface area contributed by atoms with Crippen molar-refractivity contribution in [3.05, 3.63) is 29.6 Å². The summed E-state index contributed by atoms with van der Waals surface area (Å²) in [6.45, 7) is 3.49. The predicted octanol–water partition coefficient (Wildman–Crippen LogP) is 1.89. The van der Waals surface area contributed by atoms with Crippen molar-refractivity contribution >= 4 is 11.6 Å². The number of nitrogen functional groups attached to an aromatic ring is 1. The van der Waals surface area contributed by atoms with Crippen molar-refractivity contribution < 1.29 is 9.18 Å². The zero-order chi connectivity index (χ0) is 11.7. The normalized spacial score (nSPS) is 20.1. The molecule has 1 unspecified atom stereocenters. The van der Waals surface area contributed by atoms with Gasteiger partial charge >= 0.3 is 0 Å². The van der Waals surface area contributed by atoms with Gasteiger partial charge in [0.05, 0.1) is 5.56 Å². The lowest BCUT2D eigenvalue weighted by molar-refractivity contribution is 0.0783. The van der Waals surface area contributed by atoms with E-state index in [2.05, 4.69) is 6.92 Å². The lowest BCUT2D eigenvalue weighted by Gasteiger charge is -2.16. The van der Waals surface area contributed by atoms with Gasteiger partial charge in [0, 0.05) is 18.8 Å². The highest BCUT2D eigenvalue weighted by atomic mass is 19.1. The van der Waals surface area contributed by atoms with Crippen molar-refractivity contribution in [2.75, 3.05) is 18.8 Å². The Morgan fingerprint density at radius 1 is 1.56 bits per heavy atom. The Labute approximate surface area is 94.0 Å². The zero-order valence-electron chi connectivity index (χ0n) is 9.24. The van der Waals surface area contributed by atoms with Crippen LogP contribution in [0.5, 0.6) is 0 Å². The number of benzene rings is 1. The summed E-state index contributed by atoms with van der Waals surface area (Å²) in [5.74, 6) is -0.263. The summed E-state index contributed by atoms with van der Waals surface area (Å²) in [5.41, 5.74) is 6.05. The number of anilines is 1. The van der Waals surface area contributed by atoms with Gasteiger partial charge in [-0.15, -0.1) is 0 Å². The molecule has 2 rings (SSSR count). The number of halogens is 1. The second-order valence-corrected chi connectivity index (χ2v) is 4.38. The number of nitrogens with two attached hydrogens (primary N) is 1. The van der Waals surface area contributed by atoms with Gasteiger partial charge in [-0.25, -0.2) is 4.39 Å². The largest absolute Gasteiger partial charge is 0.399 e. The van der Waals surface area contributed by atoms with Gasteiger partial charge in [0.1, 0.15) is 5.82 Å². The van der Waals surface area contributed by atoms with E-state index in [1.165, 1.54) is 18.2 Å². The van der Waals surface area contributed by atoms with Crippen LogP contribution in [-0.4, -0.2) is 23.9 Å². The molecule has 16 heavy (non-hydrogen) atoms. The number of carbonyl (C=O) groups is 1. The number of hydrogen-bond donors (Lipinski definition) is 1. The van der Waals surface area contributed by atoms with Crippen LogP contribution in [0, 0.1) is 11.7 Å². The molecule has 1 atom stereocenters. The van der Waals surface area contributed by atoms with Crippen LogP contribution in [-0.2, 0) is 0 Å². The highest BCUT2D eigenvalue weighted by Gasteiger charge is 2.25. The zero-order valence-corrected chi connectivity index (χ0v) is 9.24. The Bertz CT molecular complexity index is 419. The number of rotatable bonds is 1. The summed E-state index contributed by atoms with van der Waals surface area (Å²) in [6.07, 6.45) is 0.982. The topological polar surface area (TPSA) is 46.3 Å². The summed E-state index contributed by atoms with van der Waals surface area (Å²) in [4.78, 5) is 13.7. The first kappa shape index (κ1) is 10.9. The maximum absolute atomic E-state index is 13.5. The Morgan fingerprint density at radius 3 is 2.94 bits per heavy atom. The van der Waals surface area contributed by atoms with Gasteiger partial charge in [-0.05, 0) is 30.5 Å². The van der Waals surface area contributed by atoms with Crippen LogP contribution >= 0.6 is 0 Å². The first-order valence-electron chi connectivity index (χ1n) is 5.42. The minimum Gasteiger partial charge on any atom is -0.399 e. The van der Waals surface area contributed by atoms with E-state index in [9.17, 15) is 9.18 Å². The lowest BCUT2D eigenvalue weighted by Crippen LogP contribution is -2.29.